The minimum absolute atomic E-state index is 0.0766. The van der Waals surface area contributed by atoms with Gasteiger partial charge in [0.1, 0.15) is 5.75 Å². The lowest BCUT2D eigenvalue weighted by molar-refractivity contribution is 0.0707. The Balaban J connectivity index is 1.69. The molecule has 1 N–H and O–H groups in total. The number of nitrogens with zero attached hydrogens (tertiary/aromatic N) is 1. The Morgan fingerprint density at radius 3 is 2.48 bits per heavy atom. The first-order valence-electron chi connectivity index (χ1n) is 8.26. The average molecular weight is 363 g/mol. The SMILES string of the molecule is CNC1CCN(C(=O)c2ccc(Oc3ccc(Cl)cc3)c(F)c2)CC1. The van der Waals surface area contributed by atoms with Crippen LogP contribution in [0.2, 0.25) is 5.02 Å². The van der Waals surface area contributed by atoms with Crippen LogP contribution in [0, 0.1) is 5.82 Å². The second kappa shape index (κ2) is 7.85. The van der Waals surface area contributed by atoms with Gasteiger partial charge in [-0.15, -0.1) is 0 Å². The third-order valence-electron chi connectivity index (χ3n) is 4.41. The number of ether oxygens (including phenoxy) is 1. The van der Waals surface area contributed by atoms with Crippen LogP contribution in [0.1, 0.15) is 23.2 Å². The fourth-order valence-corrected chi connectivity index (χ4v) is 3.03. The Labute approximate surface area is 151 Å². The first-order valence-corrected chi connectivity index (χ1v) is 8.64. The van der Waals surface area contributed by atoms with Crippen LogP contribution in [0.4, 0.5) is 4.39 Å². The summed E-state index contributed by atoms with van der Waals surface area (Å²) in [6.07, 6.45) is 1.81. The highest BCUT2D eigenvalue weighted by Gasteiger charge is 2.23. The molecule has 1 amide bonds. The van der Waals surface area contributed by atoms with E-state index in [-0.39, 0.29) is 11.7 Å². The molecule has 0 aromatic heterocycles. The smallest absolute Gasteiger partial charge is 0.253 e. The first-order chi connectivity index (χ1) is 12.1. The molecule has 1 saturated heterocycles. The third kappa shape index (κ3) is 4.30. The summed E-state index contributed by atoms with van der Waals surface area (Å²) in [6, 6.07) is 11.4. The molecule has 1 heterocycles. The fraction of sp³-hybridized carbons (Fsp3) is 0.316. The minimum atomic E-state index is -0.564. The van der Waals surface area contributed by atoms with Gasteiger partial charge in [0, 0.05) is 29.7 Å². The highest BCUT2D eigenvalue weighted by Crippen LogP contribution is 2.27. The van der Waals surface area contributed by atoms with E-state index in [1.54, 1.807) is 35.2 Å². The summed E-state index contributed by atoms with van der Waals surface area (Å²) in [7, 11) is 1.93. The predicted octanol–water partition coefficient (Wildman–Crippen LogP) is 4.10. The summed E-state index contributed by atoms with van der Waals surface area (Å²) in [5, 5.41) is 3.80. The van der Waals surface area contributed by atoms with Crippen molar-refractivity contribution >= 4 is 17.5 Å². The largest absolute Gasteiger partial charge is 0.454 e. The molecule has 25 heavy (non-hydrogen) atoms. The van der Waals surface area contributed by atoms with Crippen LogP contribution < -0.4 is 10.1 Å². The second-order valence-electron chi connectivity index (χ2n) is 6.06. The number of hydrogen-bond acceptors (Lipinski definition) is 3. The van der Waals surface area contributed by atoms with E-state index >= 15 is 0 Å². The summed E-state index contributed by atoms with van der Waals surface area (Å²) in [6.45, 7) is 1.35. The van der Waals surface area contributed by atoms with Crippen LogP contribution in [0.3, 0.4) is 0 Å². The van der Waals surface area contributed by atoms with Gasteiger partial charge in [0.15, 0.2) is 11.6 Å². The molecule has 132 valence electrons. The number of piperidine rings is 1. The van der Waals surface area contributed by atoms with Crippen LogP contribution in [-0.2, 0) is 0 Å². The van der Waals surface area contributed by atoms with Crippen molar-refractivity contribution in [2.75, 3.05) is 20.1 Å². The lowest BCUT2D eigenvalue weighted by Crippen LogP contribution is -2.43. The van der Waals surface area contributed by atoms with E-state index in [1.807, 2.05) is 7.05 Å². The van der Waals surface area contributed by atoms with Gasteiger partial charge in [0.2, 0.25) is 0 Å². The Hall–Kier alpha value is -2.11. The molecule has 0 saturated carbocycles. The maximum atomic E-state index is 14.3. The molecule has 0 radical (unpaired) electrons. The molecule has 0 bridgehead atoms. The standard InChI is InChI=1S/C19H20ClFN2O2/c1-22-15-8-10-23(11-9-15)19(24)13-2-7-18(17(21)12-13)25-16-5-3-14(20)4-6-16/h2-7,12,15,22H,8-11H2,1H3. The fourth-order valence-electron chi connectivity index (χ4n) is 2.90. The van der Waals surface area contributed by atoms with Crippen molar-refractivity contribution < 1.29 is 13.9 Å². The van der Waals surface area contributed by atoms with Crippen molar-refractivity contribution in [1.29, 1.82) is 0 Å². The quantitative estimate of drug-likeness (QED) is 0.890. The van der Waals surface area contributed by atoms with Gasteiger partial charge in [-0.05, 0) is 62.4 Å². The van der Waals surface area contributed by atoms with Crippen LogP contribution in [0.25, 0.3) is 0 Å². The number of halogens is 2. The van der Waals surface area contributed by atoms with Crippen molar-refractivity contribution in [3.63, 3.8) is 0 Å². The summed E-state index contributed by atoms with van der Waals surface area (Å²) in [4.78, 5) is 14.3. The van der Waals surface area contributed by atoms with Crippen LogP contribution in [0.5, 0.6) is 11.5 Å². The van der Waals surface area contributed by atoms with Crippen LogP contribution in [-0.4, -0.2) is 37.0 Å². The molecule has 1 aliphatic rings. The molecule has 1 aliphatic heterocycles. The predicted molar refractivity (Wildman–Crippen MR) is 95.9 cm³/mol. The highest BCUT2D eigenvalue weighted by atomic mass is 35.5. The molecule has 1 fully saturated rings. The molecule has 6 heteroatoms. The van der Waals surface area contributed by atoms with E-state index < -0.39 is 5.82 Å². The summed E-state index contributed by atoms with van der Waals surface area (Å²) in [5.74, 6) is -0.151. The topological polar surface area (TPSA) is 41.6 Å². The lowest BCUT2D eigenvalue weighted by atomic mass is 10.0. The van der Waals surface area contributed by atoms with E-state index in [0.29, 0.717) is 35.5 Å². The Morgan fingerprint density at radius 1 is 1.20 bits per heavy atom. The Morgan fingerprint density at radius 2 is 1.88 bits per heavy atom. The van der Waals surface area contributed by atoms with Gasteiger partial charge < -0.3 is 15.0 Å². The number of nitrogens with one attached hydrogen (secondary N) is 1. The molecule has 2 aromatic rings. The monoisotopic (exact) mass is 362 g/mol. The van der Waals surface area contributed by atoms with Crippen molar-refractivity contribution in [2.24, 2.45) is 0 Å². The van der Waals surface area contributed by atoms with E-state index in [9.17, 15) is 9.18 Å². The molecule has 0 atom stereocenters. The molecule has 0 unspecified atom stereocenters. The number of likely N-dealkylation sites (tertiary alicyclic amines) is 1. The maximum absolute atomic E-state index is 14.3. The molecule has 0 spiro atoms. The average Bonchev–Trinajstić information content (AvgIpc) is 2.64. The van der Waals surface area contributed by atoms with Crippen LogP contribution >= 0.6 is 11.6 Å². The Kier molecular flexibility index (Phi) is 5.56. The maximum Gasteiger partial charge on any atom is 0.253 e. The zero-order chi connectivity index (χ0) is 17.8. The van der Waals surface area contributed by atoms with Gasteiger partial charge in [-0.1, -0.05) is 11.6 Å². The van der Waals surface area contributed by atoms with Gasteiger partial charge in [-0.3, -0.25) is 4.79 Å². The number of benzene rings is 2. The van der Waals surface area contributed by atoms with Gasteiger partial charge in [0.05, 0.1) is 0 Å². The number of carbonyl (C=O) groups excluding carboxylic acids is 1. The van der Waals surface area contributed by atoms with Gasteiger partial charge in [-0.2, -0.15) is 0 Å². The van der Waals surface area contributed by atoms with E-state index in [2.05, 4.69) is 5.32 Å². The van der Waals surface area contributed by atoms with E-state index in [1.165, 1.54) is 12.1 Å². The second-order valence-corrected chi connectivity index (χ2v) is 6.49. The van der Waals surface area contributed by atoms with E-state index in [4.69, 9.17) is 16.3 Å². The minimum Gasteiger partial charge on any atom is -0.454 e. The molecule has 3 rings (SSSR count). The zero-order valence-corrected chi connectivity index (χ0v) is 14.7. The first kappa shape index (κ1) is 17.7. The van der Waals surface area contributed by atoms with Crippen molar-refractivity contribution in [1.82, 2.24) is 10.2 Å². The van der Waals surface area contributed by atoms with Crippen molar-refractivity contribution in [3.8, 4) is 11.5 Å². The number of carbonyl (C=O) groups is 1. The van der Waals surface area contributed by atoms with Gasteiger partial charge in [0.25, 0.3) is 5.91 Å². The summed E-state index contributed by atoms with van der Waals surface area (Å²) >= 11 is 5.82. The molecule has 4 nitrogen and oxygen atoms in total. The molecule has 0 aliphatic carbocycles. The number of amides is 1. The third-order valence-corrected chi connectivity index (χ3v) is 4.66. The number of hydrogen-bond donors (Lipinski definition) is 1. The molecular weight excluding hydrogens is 343 g/mol. The van der Waals surface area contributed by atoms with Crippen molar-refractivity contribution in [2.45, 2.75) is 18.9 Å². The summed E-state index contributed by atoms with van der Waals surface area (Å²) < 4.78 is 19.8. The van der Waals surface area contributed by atoms with Gasteiger partial charge >= 0.3 is 0 Å². The van der Waals surface area contributed by atoms with Gasteiger partial charge in [-0.25, -0.2) is 4.39 Å². The highest BCUT2D eigenvalue weighted by molar-refractivity contribution is 6.30. The zero-order valence-electron chi connectivity index (χ0n) is 14.0. The number of rotatable bonds is 4. The Bertz CT molecular complexity index is 744. The molecular formula is C19H20ClFN2O2. The van der Waals surface area contributed by atoms with Crippen molar-refractivity contribution in [3.05, 3.63) is 58.9 Å². The lowest BCUT2D eigenvalue weighted by Gasteiger charge is -2.31. The normalized spacial score (nSPS) is 15.2. The summed E-state index contributed by atoms with van der Waals surface area (Å²) in [5.41, 5.74) is 0.337. The molecule has 2 aromatic carbocycles. The van der Waals surface area contributed by atoms with E-state index in [0.717, 1.165) is 12.8 Å². The van der Waals surface area contributed by atoms with Crippen LogP contribution in [0.15, 0.2) is 42.5 Å².